The summed E-state index contributed by atoms with van der Waals surface area (Å²) in [6, 6.07) is 6.37. The molecule has 5 atom stereocenters. The predicted molar refractivity (Wildman–Crippen MR) is 119 cm³/mol. The van der Waals surface area contributed by atoms with Crippen molar-refractivity contribution in [2.45, 2.75) is 56.9 Å². The van der Waals surface area contributed by atoms with Crippen molar-refractivity contribution in [1.82, 2.24) is 9.62 Å². The molecule has 0 bridgehead atoms. The van der Waals surface area contributed by atoms with Crippen molar-refractivity contribution in [3.8, 4) is 0 Å². The third kappa shape index (κ3) is 4.66. The molecule has 4 nitrogen and oxygen atoms in total. The third-order valence-corrected chi connectivity index (χ3v) is 7.35. The van der Waals surface area contributed by atoms with Crippen LogP contribution in [-0.2, 0) is 16.2 Å². The first kappa shape index (κ1) is 21.6. The van der Waals surface area contributed by atoms with Crippen molar-refractivity contribution in [2.24, 2.45) is 5.92 Å². The molecule has 1 saturated carbocycles. The topological polar surface area (TPSA) is 55.4 Å². The second-order valence-corrected chi connectivity index (χ2v) is 9.96. The van der Waals surface area contributed by atoms with Gasteiger partial charge < -0.3 is 9.45 Å². The maximum absolute atomic E-state index is 14.6. The van der Waals surface area contributed by atoms with E-state index >= 15 is 0 Å². The van der Waals surface area contributed by atoms with Gasteiger partial charge in [0.05, 0.1) is 6.04 Å². The highest BCUT2D eigenvalue weighted by atomic mass is 32.2. The number of hydrogen-bond donors (Lipinski definition) is 1. The quantitative estimate of drug-likeness (QED) is 0.710. The fourth-order valence-corrected chi connectivity index (χ4v) is 5.78. The Morgan fingerprint density at radius 3 is 2.90 bits per heavy atom. The van der Waals surface area contributed by atoms with E-state index in [0.717, 1.165) is 48.9 Å². The summed E-state index contributed by atoms with van der Waals surface area (Å²) in [5, 5.41) is 0. The summed E-state index contributed by atoms with van der Waals surface area (Å²) < 4.78 is 29.2. The number of nitrogens with one attached hydrogen (secondary N) is 1. The molecule has 162 valence electrons. The Balaban J connectivity index is 1.46. The SMILES string of the molecule is Cc1cccc(C2CC2C(=O)N2CCCC(N[S+](C)[O-])CC2)c1C1CC=CC=C1F. The molecule has 1 aromatic rings. The number of rotatable bonds is 5. The Morgan fingerprint density at radius 2 is 2.13 bits per heavy atom. The molecule has 1 aliphatic heterocycles. The number of nitrogens with zero attached hydrogens (tertiary/aromatic N) is 1. The Labute approximate surface area is 181 Å². The summed E-state index contributed by atoms with van der Waals surface area (Å²) in [5.41, 5.74) is 3.32. The first-order valence-corrected chi connectivity index (χ1v) is 12.5. The van der Waals surface area contributed by atoms with Crippen molar-refractivity contribution in [3.05, 3.63) is 58.9 Å². The number of halogens is 1. The molecule has 0 spiro atoms. The highest BCUT2D eigenvalue weighted by Crippen LogP contribution is 2.52. The van der Waals surface area contributed by atoms with Crippen molar-refractivity contribution < 1.29 is 13.7 Å². The van der Waals surface area contributed by atoms with Crippen LogP contribution < -0.4 is 4.72 Å². The monoisotopic (exact) mass is 430 g/mol. The number of carbonyl (C=O) groups is 1. The van der Waals surface area contributed by atoms with Crippen LogP contribution in [-0.4, -0.2) is 40.7 Å². The van der Waals surface area contributed by atoms with Crippen LogP contribution >= 0.6 is 0 Å². The smallest absolute Gasteiger partial charge is 0.226 e. The van der Waals surface area contributed by atoms with Crippen molar-refractivity contribution in [1.29, 1.82) is 0 Å². The van der Waals surface area contributed by atoms with Crippen molar-refractivity contribution in [2.75, 3.05) is 19.3 Å². The van der Waals surface area contributed by atoms with Crippen LogP contribution in [0.4, 0.5) is 4.39 Å². The first-order chi connectivity index (χ1) is 14.5. The van der Waals surface area contributed by atoms with E-state index in [1.807, 2.05) is 30.0 Å². The molecule has 5 unspecified atom stereocenters. The molecule has 1 heterocycles. The van der Waals surface area contributed by atoms with Crippen LogP contribution in [0.15, 0.2) is 42.3 Å². The molecule has 0 radical (unpaired) electrons. The summed E-state index contributed by atoms with van der Waals surface area (Å²) in [6.07, 6.45) is 11.2. The second kappa shape index (κ2) is 9.25. The van der Waals surface area contributed by atoms with E-state index < -0.39 is 11.4 Å². The highest BCUT2D eigenvalue weighted by molar-refractivity contribution is 7.88. The van der Waals surface area contributed by atoms with Crippen LogP contribution in [0.3, 0.4) is 0 Å². The second-order valence-electron chi connectivity index (χ2n) is 8.82. The molecule has 2 fully saturated rings. The van der Waals surface area contributed by atoms with Gasteiger partial charge in [0.15, 0.2) is 0 Å². The maximum Gasteiger partial charge on any atom is 0.226 e. The van der Waals surface area contributed by atoms with Gasteiger partial charge >= 0.3 is 0 Å². The number of likely N-dealkylation sites (tertiary alicyclic amines) is 1. The Bertz CT molecular complexity index is 854. The van der Waals surface area contributed by atoms with Gasteiger partial charge in [-0.1, -0.05) is 30.4 Å². The molecule has 6 heteroatoms. The van der Waals surface area contributed by atoms with Crippen LogP contribution in [0.2, 0.25) is 0 Å². The fourth-order valence-electron chi connectivity index (χ4n) is 5.08. The minimum absolute atomic E-state index is 0.00143. The van der Waals surface area contributed by atoms with Gasteiger partial charge in [-0.3, -0.25) is 4.79 Å². The van der Waals surface area contributed by atoms with E-state index in [1.54, 1.807) is 18.4 Å². The number of hydrogen-bond acceptors (Lipinski definition) is 3. The van der Waals surface area contributed by atoms with E-state index in [2.05, 4.69) is 10.8 Å². The summed E-state index contributed by atoms with van der Waals surface area (Å²) in [6.45, 7) is 3.52. The summed E-state index contributed by atoms with van der Waals surface area (Å²) in [4.78, 5) is 15.2. The van der Waals surface area contributed by atoms with Crippen LogP contribution in [0.1, 0.15) is 60.6 Å². The normalized spacial score (nSPS) is 29.9. The van der Waals surface area contributed by atoms with Gasteiger partial charge in [0.1, 0.15) is 12.1 Å². The van der Waals surface area contributed by atoms with Gasteiger partial charge in [-0.25, -0.2) is 4.39 Å². The number of carbonyl (C=O) groups excluding carboxylic acids is 1. The number of aryl methyl sites for hydroxylation is 1. The van der Waals surface area contributed by atoms with Crippen LogP contribution in [0.5, 0.6) is 0 Å². The molecular weight excluding hydrogens is 399 g/mol. The lowest BCUT2D eigenvalue weighted by atomic mass is 9.83. The number of amides is 1. The lowest BCUT2D eigenvalue weighted by Gasteiger charge is -2.23. The molecule has 30 heavy (non-hydrogen) atoms. The lowest BCUT2D eigenvalue weighted by Crippen LogP contribution is -2.36. The Hall–Kier alpha value is -1.63. The molecule has 1 amide bonds. The van der Waals surface area contributed by atoms with E-state index in [1.165, 1.54) is 0 Å². The third-order valence-electron chi connectivity index (χ3n) is 6.68. The molecule has 0 aromatic heterocycles. The predicted octanol–water partition coefficient (Wildman–Crippen LogP) is 4.26. The molecule has 2 aliphatic carbocycles. The summed E-state index contributed by atoms with van der Waals surface area (Å²) in [7, 11) is 0. The van der Waals surface area contributed by atoms with E-state index in [0.29, 0.717) is 13.0 Å². The zero-order chi connectivity index (χ0) is 21.3. The molecule has 1 aromatic carbocycles. The Morgan fingerprint density at radius 1 is 1.30 bits per heavy atom. The van der Waals surface area contributed by atoms with Gasteiger partial charge in [0, 0.05) is 36.3 Å². The average Bonchev–Trinajstić information content (AvgIpc) is 3.52. The number of benzene rings is 1. The number of allylic oxidation sites excluding steroid dienone is 4. The molecule has 4 rings (SSSR count). The van der Waals surface area contributed by atoms with Crippen molar-refractivity contribution in [3.63, 3.8) is 0 Å². The van der Waals surface area contributed by atoms with E-state index in [9.17, 15) is 13.7 Å². The van der Waals surface area contributed by atoms with E-state index in [-0.39, 0.29) is 35.5 Å². The van der Waals surface area contributed by atoms with Gasteiger partial charge in [-0.05, 0) is 67.7 Å². The molecular formula is C24H31FN2O2S. The molecule has 1 saturated heterocycles. The van der Waals surface area contributed by atoms with Crippen molar-refractivity contribution >= 4 is 17.3 Å². The summed E-state index contributed by atoms with van der Waals surface area (Å²) in [5.74, 6) is 0.0941. The Kier molecular flexibility index (Phi) is 6.66. The maximum atomic E-state index is 14.6. The first-order valence-electron chi connectivity index (χ1n) is 11.0. The lowest BCUT2D eigenvalue weighted by molar-refractivity contribution is -0.132. The van der Waals surface area contributed by atoms with Gasteiger partial charge in [-0.2, -0.15) is 0 Å². The minimum Gasteiger partial charge on any atom is -0.598 e. The average molecular weight is 431 g/mol. The van der Waals surface area contributed by atoms with Crippen LogP contribution in [0, 0.1) is 12.8 Å². The highest BCUT2D eigenvalue weighted by Gasteiger charge is 2.47. The van der Waals surface area contributed by atoms with E-state index in [4.69, 9.17) is 0 Å². The molecule has 3 aliphatic rings. The van der Waals surface area contributed by atoms with Gasteiger partial charge in [0.25, 0.3) is 0 Å². The zero-order valence-corrected chi connectivity index (χ0v) is 18.6. The fraction of sp³-hybridized carbons (Fsp3) is 0.542. The van der Waals surface area contributed by atoms with Gasteiger partial charge in [0.2, 0.25) is 5.91 Å². The zero-order valence-electron chi connectivity index (χ0n) is 17.8. The van der Waals surface area contributed by atoms with Gasteiger partial charge in [-0.15, -0.1) is 4.72 Å². The summed E-state index contributed by atoms with van der Waals surface area (Å²) >= 11 is -1.02. The minimum atomic E-state index is -1.02. The standard InChI is InChI=1S/C24H31FN2O2S/c1-16-7-5-10-18(23(16)19-9-3-4-11-22(19)25)20-15-21(20)24(28)27-13-6-8-17(12-14-27)26-30(2)29/h3-5,7,10-11,17,19-21,26H,6,8-9,12-15H2,1-2H3. The largest absolute Gasteiger partial charge is 0.598 e. The van der Waals surface area contributed by atoms with Crippen LogP contribution in [0.25, 0.3) is 0 Å². The molecule has 1 N–H and O–H groups in total.